The average Bonchev–Trinajstić information content (AvgIpc) is 3.38. The van der Waals surface area contributed by atoms with Gasteiger partial charge < -0.3 is 8.98 Å². The molecule has 0 N–H and O–H groups in total. The van der Waals surface area contributed by atoms with Gasteiger partial charge in [0.05, 0.1) is 35.8 Å². The zero-order valence-electron chi connectivity index (χ0n) is 16.6. The molecule has 4 aromatic rings. The molecule has 0 spiro atoms. The van der Waals surface area contributed by atoms with Gasteiger partial charge in [-0.15, -0.1) is 0 Å². The zero-order valence-corrected chi connectivity index (χ0v) is 18.2. The van der Waals surface area contributed by atoms with E-state index < -0.39 is 5.82 Å². The molecule has 0 aliphatic carbocycles. The summed E-state index contributed by atoms with van der Waals surface area (Å²) in [7, 11) is 1.94. The Hall–Kier alpha value is -3.04. The van der Waals surface area contributed by atoms with Gasteiger partial charge in [-0.1, -0.05) is 53.5 Å². The molecule has 0 saturated carbocycles. The molecule has 2 heterocycles. The highest BCUT2D eigenvalue weighted by Gasteiger charge is 2.24. The van der Waals surface area contributed by atoms with E-state index in [0.29, 0.717) is 40.6 Å². The summed E-state index contributed by atoms with van der Waals surface area (Å²) in [6.07, 6.45) is 3.34. The molecule has 2 aromatic carbocycles. The molecule has 0 unspecified atom stereocenters. The lowest BCUT2D eigenvalue weighted by molar-refractivity contribution is 0.241. The second kappa shape index (κ2) is 8.99. The smallest absolute Gasteiger partial charge is 0.149 e. The van der Waals surface area contributed by atoms with Crippen LogP contribution in [0.1, 0.15) is 11.3 Å². The first-order valence-electron chi connectivity index (χ1n) is 9.53. The summed E-state index contributed by atoms with van der Waals surface area (Å²) in [5.41, 5.74) is 2.40. The van der Waals surface area contributed by atoms with E-state index in [1.807, 2.05) is 46.8 Å². The number of nitrogens with zero attached hydrogens (tertiary/aromatic N) is 3. The summed E-state index contributed by atoms with van der Waals surface area (Å²) < 4.78 is 22.4. The lowest BCUT2D eigenvalue weighted by Gasteiger charge is -2.20. The third kappa shape index (κ3) is 4.24. The van der Waals surface area contributed by atoms with Gasteiger partial charge in [-0.25, -0.2) is 4.39 Å². The third-order valence-electron chi connectivity index (χ3n) is 4.95. The van der Waals surface area contributed by atoms with Crippen LogP contribution in [0.3, 0.4) is 0 Å². The van der Waals surface area contributed by atoms with E-state index in [-0.39, 0.29) is 10.6 Å². The van der Waals surface area contributed by atoms with E-state index >= 15 is 4.39 Å². The number of halogens is 3. The van der Waals surface area contributed by atoms with Gasteiger partial charge >= 0.3 is 0 Å². The van der Waals surface area contributed by atoms with Crippen molar-refractivity contribution in [3.63, 3.8) is 0 Å². The lowest BCUT2D eigenvalue weighted by Crippen LogP contribution is -2.21. The Labute approximate surface area is 189 Å². The van der Waals surface area contributed by atoms with E-state index in [4.69, 9.17) is 27.6 Å². The molecule has 0 aliphatic heterocycles. The van der Waals surface area contributed by atoms with Gasteiger partial charge in [0.2, 0.25) is 0 Å². The summed E-state index contributed by atoms with van der Waals surface area (Å²) in [6, 6.07) is 18.0. The van der Waals surface area contributed by atoms with Crippen molar-refractivity contribution in [1.82, 2.24) is 9.47 Å². The number of hydrogen-bond donors (Lipinski definition) is 0. The predicted octanol–water partition coefficient (Wildman–Crippen LogP) is 6.82. The van der Waals surface area contributed by atoms with Gasteiger partial charge in [0.15, 0.2) is 0 Å². The van der Waals surface area contributed by atoms with Crippen LogP contribution in [-0.2, 0) is 13.2 Å². The fraction of sp³-hybridized carbons (Fsp3) is 0.125. The number of furan rings is 1. The van der Waals surface area contributed by atoms with Gasteiger partial charge in [-0.2, -0.15) is 5.26 Å². The molecule has 0 bridgehead atoms. The van der Waals surface area contributed by atoms with Crippen molar-refractivity contribution in [2.75, 3.05) is 7.05 Å². The SMILES string of the molecule is CN(Cc1ccco1)Cn1cc(C#N)c(-c2cccc(Cl)c2F)c1-c1ccccc1Cl. The number of rotatable bonds is 6. The minimum atomic E-state index is -0.573. The molecule has 4 nitrogen and oxygen atoms in total. The van der Waals surface area contributed by atoms with Crippen molar-refractivity contribution in [2.24, 2.45) is 0 Å². The molecule has 0 amide bonds. The van der Waals surface area contributed by atoms with E-state index in [1.165, 1.54) is 6.07 Å². The van der Waals surface area contributed by atoms with E-state index in [0.717, 1.165) is 5.76 Å². The molecular weight excluding hydrogens is 436 g/mol. The molecule has 31 heavy (non-hydrogen) atoms. The molecule has 0 atom stereocenters. The topological polar surface area (TPSA) is 45.1 Å². The molecule has 0 saturated heterocycles. The summed E-state index contributed by atoms with van der Waals surface area (Å²) in [4.78, 5) is 2.03. The largest absolute Gasteiger partial charge is 0.468 e. The fourth-order valence-corrected chi connectivity index (χ4v) is 4.04. The number of aromatic nitrogens is 1. The first-order valence-corrected chi connectivity index (χ1v) is 10.3. The van der Waals surface area contributed by atoms with Crippen molar-refractivity contribution in [3.8, 4) is 28.5 Å². The molecule has 4 rings (SSSR count). The number of hydrogen-bond acceptors (Lipinski definition) is 3. The molecule has 0 aliphatic rings. The van der Waals surface area contributed by atoms with Crippen molar-refractivity contribution in [1.29, 1.82) is 5.26 Å². The summed E-state index contributed by atoms with van der Waals surface area (Å²) in [5, 5.41) is 10.4. The zero-order chi connectivity index (χ0) is 22.0. The normalized spacial score (nSPS) is 11.1. The average molecular weight is 454 g/mol. The molecule has 156 valence electrons. The van der Waals surface area contributed by atoms with Gasteiger partial charge in [0, 0.05) is 27.9 Å². The first-order chi connectivity index (χ1) is 15.0. The number of nitriles is 1. The van der Waals surface area contributed by atoms with Crippen LogP contribution < -0.4 is 0 Å². The van der Waals surface area contributed by atoms with Crippen molar-refractivity contribution < 1.29 is 8.81 Å². The minimum absolute atomic E-state index is 0.00538. The van der Waals surface area contributed by atoms with E-state index in [9.17, 15) is 5.26 Å². The van der Waals surface area contributed by atoms with E-state index in [2.05, 4.69) is 6.07 Å². The Morgan fingerprint density at radius 3 is 2.48 bits per heavy atom. The van der Waals surface area contributed by atoms with Crippen molar-refractivity contribution in [2.45, 2.75) is 13.2 Å². The Morgan fingerprint density at radius 1 is 1.03 bits per heavy atom. The predicted molar refractivity (Wildman–Crippen MR) is 120 cm³/mol. The Balaban J connectivity index is 1.89. The van der Waals surface area contributed by atoms with Crippen LogP contribution in [0.5, 0.6) is 0 Å². The van der Waals surface area contributed by atoms with Gasteiger partial charge in [-0.3, -0.25) is 4.90 Å². The Bertz CT molecular complexity index is 1260. The summed E-state index contributed by atoms with van der Waals surface area (Å²) in [6.45, 7) is 0.994. The maximum Gasteiger partial charge on any atom is 0.149 e. The van der Waals surface area contributed by atoms with Crippen LogP contribution >= 0.6 is 23.2 Å². The second-order valence-corrected chi connectivity index (χ2v) is 7.98. The maximum atomic E-state index is 15.0. The van der Waals surface area contributed by atoms with Crippen molar-refractivity contribution in [3.05, 3.63) is 94.2 Å². The Morgan fingerprint density at radius 2 is 1.77 bits per heavy atom. The molecule has 2 aromatic heterocycles. The van der Waals surface area contributed by atoms with Crippen LogP contribution in [0, 0.1) is 17.1 Å². The summed E-state index contributed by atoms with van der Waals surface area (Å²) >= 11 is 12.6. The highest BCUT2D eigenvalue weighted by Crippen LogP contribution is 2.41. The minimum Gasteiger partial charge on any atom is -0.468 e. The van der Waals surface area contributed by atoms with Crippen LogP contribution in [0.4, 0.5) is 4.39 Å². The van der Waals surface area contributed by atoms with Gasteiger partial charge in [0.25, 0.3) is 0 Å². The van der Waals surface area contributed by atoms with Gasteiger partial charge in [-0.05, 0) is 31.3 Å². The van der Waals surface area contributed by atoms with Crippen LogP contribution in [0.15, 0.2) is 71.5 Å². The van der Waals surface area contributed by atoms with E-state index in [1.54, 1.807) is 30.7 Å². The van der Waals surface area contributed by atoms with Crippen LogP contribution in [0.25, 0.3) is 22.4 Å². The lowest BCUT2D eigenvalue weighted by atomic mass is 9.97. The quantitative estimate of drug-likeness (QED) is 0.321. The highest BCUT2D eigenvalue weighted by atomic mass is 35.5. The second-order valence-electron chi connectivity index (χ2n) is 7.16. The monoisotopic (exact) mass is 453 g/mol. The molecule has 0 radical (unpaired) electrons. The molecular formula is C24H18Cl2FN3O. The summed E-state index contributed by atoms with van der Waals surface area (Å²) in [5.74, 6) is 0.242. The van der Waals surface area contributed by atoms with Crippen LogP contribution in [0.2, 0.25) is 10.0 Å². The fourth-order valence-electron chi connectivity index (χ4n) is 3.64. The third-order valence-corrected chi connectivity index (χ3v) is 5.57. The highest BCUT2D eigenvalue weighted by molar-refractivity contribution is 6.33. The Kier molecular flexibility index (Phi) is 6.15. The molecule has 7 heteroatoms. The standard InChI is InChI=1S/C24H18Cl2FN3O/c1-29(14-17-6-5-11-31-17)15-30-13-16(12-28)22(19-8-4-10-21(26)23(19)27)24(30)18-7-2-3-9-20(18)25/h2-11,13H,14-15H2,1H3. The van der Waals surface area contributed by atoms with Crippen molar-refractivity contribution >= 4 is 23.2 Å². The maximum absolute atomic E-state index is 15.0. The number of benzene rings is 2. The van der Waals surface area contributed by atoms with Crippen LogP contribution in [-0.4, -0.2) is 16.5 Å². The first kappa shape index (κ1) is 21.2. The van der Waals surface area contributed by atoms with Gasteiger partial charge in [0.1, 0.15) is 17.6 Å². The molecule has 0 fully saturated rings.